The summed E-state index contributed by atoms with van der Waals surface area (Å²) in [6.45, 7) is 1.80. The number of nitrogens with zero attached hydrogens (tertiary/aromatic N) is 3. The van der Waals surface area contributed by atoms with Gasteiger partial charge in [0.1, 0.15) is 0 Å². The zero-order valence-corrected chi connectivity index (χ0v) is 10.7. The summed E-state index contributed by atoms with van der Waals surface area (Å²) in [5, 5.41) is 10.9. The van der Waals surface area contributed by atoms with Crippen molar-refractivity contribution in [1.82, 2.24) is 10.2 Å². The van der Waals surface area contributed by atoms with Crippen molar-refractivity contribution >= 4 is 17.4 Å². The second kappa shape index (κ2) is 5.05. The lowest BCUT2D eigenvalue weighted by atomic mass is 10.2. The second-order valence-corrected chi connectivity index (χ2v) is 4.27. The summed E-state index contributed by atoms with van der Waals surface area (Å²) in [4.78, 5) is 2.01. The van der Waals surface area contributed by atoms with Crippen LogP contribution < -0.4 is 16.0 Å². The van der Waals surface area contributed by atoms with Crippen molar-refractivity contribution in [2.24, 2.45) is 5.73 Å². The molecule has 18 heavy (non-hydrogen) atoms. The molecule has 1 heterocycles. The lowest BCUT2D eigenvalue weighted by Crippen LogP contribution is -2.10. The van der Waals surface area contributed by atoms with E-state index in [4.69, 9.17) is 10.2 Å². The molecule has 1 atom stereocenters. The van der Waals surface area contributed by atoms with Gasteiger partial charge in [0, 0.05) is 14.1 Å². The van der Waals surface area contributed by atoms with Gasteiger partial charge in [0.05, 0.1) is 17.4 Å². The van der Waals surface area contributed by atoms with Gasteiger partial charge in [0.25, 0.3) is 0 Å². The number of aromatic nitrogens is 2. The highest BCUT2D eigenvalue weighted by Crippen LogP contribution is 2.26. The molecule has 2 aromatic rings. The molecule has 0 aliphatic rings. The Hall–Kier alpha value is -2.08. The largest absolute Gasteiger partial charge is 0.406 e. The normalized spacial score (nSPS) is 12.2. The van der Waals surface area contributed by atoms with Gasteiger partial charge in [-0.05, 0) is 19.1 Å². The van der Waals surface area contributed by atoms with Gasteiger partial charge in [0.2, 0.25) is 5.89 Å². The minimum Gasteiger partial charge on any atom is -0.406 e. The van der Waals surface area contributed by atoms with Crippen LogP contribution in [-0.2, 0) is 0 Å². The van der Waals surface area contributed by atoms with Gasteiger partial charge >= 0.3 is 6.01 Å². The van der Waals surface area contributed by atoms with Crippen LogP contribution >= 0.6 is 0 Å². The molecule has 0 bridgehead atoms. The second-order valence-electron chi connectivity index (χ2n) is 4.27. The molecule has 1 aromatic heterocycles. The van der Waals surface area contributed by atoms with Crippen molar-refractivity contribution in [1.29, 1.82) is 0 Å². The SMILES string of the molecule is CC(N)c1nnc(Nc2ccccc2N(C)C)o1. The molecular formula is C12H17N5O. The maximum atomic E-state index is 5.67. The molecule has 2 rings (SSSR count). The zero-order chi connectivity index (χ0) is 13.1. The van der Waals surface area contributed by atoms with Crippen molar-refractivity contribution in [3.63, 3.8) is 0 Å². The predicted octanol–water partition coefficient (Wildman–Crippen LogP) is 1.90. The van der Waals surface area contributed by atoms with E-state index in [0.29, 0.717) is 11.9 Å². The average molecular weight is 247 g/mol. The fourth-order valence-electron chi connectivity index (χ4n) is 1.55. The van der Waals surface area contributed by atoms with Gasteiger partial charge in [-0.1, -0.05) is 17.2 Å². The predicted molar refractivity (Wildman–Crippen MR) is 71.0 cm³/mol. The van der Waals surface area contributed by atoms with E-state index < -0.39 is 0 Å². The van der Waals surface area contributed by atoms with Crippen molar-refractivity contribution in [2.75, 3.05) is 24.3 Å². The molecule has 96 valence electrons. The zero-order valence-electron chi connectivity index (χ0n) is 10.7. The Morgan fingerprint density at radius 1 is 1.28 bits per heavy atom. The fourth-order valence-corrected chi connectivity index (χ4v) is 1.55. The third kappa shape index (κ3) is 2.60. The van der Waals surface area contributed by atoms with E-state index in [1.165, 1.54) is 0 Å². The number of rotatable bonds is 4. The lowest BCUT2D eigenvalue weighted by molar-refractivity contribution is 0.475. The Morgan fingerprint density at radius 2 is 2.00 bits per heavy atom. The van der Waals surface area contributed by atoms with E-state index in [0.717, 1.165) is 11.4 Å². The highest BCUT2D eigenvalue weighted by molar-refractivity contribution is 5.72. The van der Waals surface area contributed by atoms with E-state index in [9.17, 15) is 0 Å². The maximum Gasteiger partial charge on any atom is 0.320 e. The Morgan fingerprint density at radius 3 is 2.61 bits per heavy atom. The lowest BCUT2D eigenvalue weighted by Gasteiger charge is -2.16. The molecule has 6 nitrogen and oxygen atoms in total. The molecule has 0 spiro atoms. The molecule has 1 aromatic carbocycles. The average Bonchev–Trinajstić information content (AvgIpc) is 2.78. The van der Waals surface area contributed by atoms with Crippen molar-refractivity contribution in [3.8, 4) is 0 Å². The van der Waals surface area contributed by atoms with Crippen molar-refractivity contribution in [3.05, 3.63) is 30.2 Å². The summed E-state index contributed by atoms with van der Waals surface area (Å²) in [5.41, 5.74) is 7.61. The smallest absolute Gasteiger partial charge is 0.320 e. The van der Waals surface area contributed by atoms with Crippen molar-refractivity contribution in [2.45, 2.75) is 13.0 Å². The minimum atomic E-state index is -0.267. The highest BCUT2D eigenvalue weighted by Gasteiger charge is 2.11. The van der Waals surface area contributed by atoms with E-state index in [1.54, 1.807) is 6.92 Å². The van der Waals surface area contributed by atoms with Crippen LogP contribution in [0, 0.1) is 0 Å². The molecule has 0 saturated heterocycles. The van der Waals surface area contributed by atoms with Gasteiger partial charge < -0.3 is 20.4 Å². The third-order valence-corrected chi connectivity index (χ3v) is 2.46. The summed E-state index contributed by atoms with van der Waals surface area (Å²) < 4.78 is 5.41. The number of benzene rings is 1. The number of hydrogen-bond donors (Lipinski definition) is 2. The number of nitrogens with two attached hydrogens (primary N) is 1. The summed E-state index contributed by atoms with van der Waals surface area (Å²) in [6.07, 6.45) is 0. The molecule has 0 fully saturated rings. The first-order valence-electron chi connectivity index (χ1n) is 5.70. The first-order chi connectivity index (χ1) is 8.58. The molecular weight excluding hydrogens is 230 g/mol. The Labute approximate surface area is 106 Å². The highest BCUT2D eigenvalue weighted by atomic mass is 16.4. The molecule has 0 saturated carbocycles. The molecule has 3 N–H and O–H groups in total. The van der Waals surface area contributed by atoms with Crippen LogP contribution in [0.3, 0.4) is 0 Å². The summed E-state index contributed by atoms with van der Waals surface area (Å²) >= 11 is 0. The maximum absolute atomic E-state index is 5.67. The van der Waals surface area contributed by atoms with Gasteiger partial charge in [-0.25, -0.2) is 0 Å². The Bertz CT molecular complexity index is 521. The third-order valence-electron chi connectivity index (χ3n) is 2.46. The van der Waals surface area contributed by atoms with E-state index in [-0.39, 0.29) is 6.04 Å². The van der Waals surface area contributed by atoms with Gasteiger partial charge in [-0.3, -0.25) is 0 Å². The van der Waals surface area contributed by atoms with Crippen LogP contribution in [0.2, 0.25) is 0 Å². The first-order valence-corrected chi connectivity index (χ1v) is 5.70. The van der Waals surface area contributed by atoms with E-state index in [1.807, 2.05) is 43.3 Å². The van der Waals surface area contributed by atoms with Crippen LogP contribution in [-0.4, -0.2) is 24.3 Å². The fraction of sp³-hybridized carbons (Fsp3) is 0.333. The number of hydrogen-bond acceptors (Lipinski definition) is 6. The molecule has 0 aliphatic heterocycles. The molecule has 0 amide bonds. The van der Waals surface area contributed by atoms with E-state index in [2.05, 4.69) is 15.5 Å². The number of anilines is 3. The standard InChI is InChI=1S/C12H17N5O/c1-8(13)11-15-16-12(18-11)14-9-6-4-5-7-10(9)17(2)3/h4-8H,13H2,1-3H3,(H,14,16). The van der Waals surface area contributed by atoms with Crippen LogP contribution in [0.4, 0.5) is 17.4 Å². The number of nitrogens with one attached hydrogen (secondary N) is 1. The van der Waals surface area contributed by atoms with Crippen LogP contribution in [0.25, 0.3) is 0 Å². The summed E-state index contributed by atoms with van der Waals surface area (Å²) in [6, 6.07) is 7.95. The van der Waals surface area contributed by atoms with Gasteiger partial charge in [-0.2, -0.15) is 0 Å². The molecule has 0 radical (unpaired) electrons. The summed E-state index contributed by atoms with van der Waals surface area (Å²) in [7, 11) is 3.95. The molecule has 1 unspecified atom stereocenters. The number of para-hydroxylation sites is 2. The Balaban J connectivity index is 2.23. The quantitative estimate of drug-likeness (QED) is 0.859. The van der Waals surface area contributed by atoms with Crippen LogP contribution in [0.15, 0.2) is 28.7 Å². The summed E-state index contributed by atoms with van der Waals surface area (Å²) in [5.74, 6) is 0.417. The molecule has 6 heteroatoms. The molecule has 0 aliphatic carbocycles. The van der Waals surface area contributed by atoms with Crippen LogP contribution in [0.5, 0.6) is 0 Å². The first kappa shape index (κ1) is 12.4. The minimum absolute atomic E-state index is 0.267. The Kier molecular flexibility index (Phi) is 3.47. The topological polar surface area (TPSA) is 80.2 Å². The van der Waals surface area contributed by atoms with Gasteiger partial charge in [-0.15, -0.1) is 5.10 Å². The van der Waals surface area contributed by atoms with Gasteiger partial charge in [0.15, 0.2) is 0 Å². The van der Waals surface area contributed by atoms with Crippen molar-refractivity contribution < 1.29 is 4.42 Å². The monoisotopic (exact) mass is 247 g/mol. The van der Waals surface area contributed by atoms with Crippen LogP contribution in [0.1, 0.15) is 18.9 Å². The van der Waals surface area contributed by atoms with E-state index >= 15 is 0 Å².